The second-order valence-corrected chi connectivity index (χ2v) is 7.02. The van der Waals surface area contributed by atoms with Crippen LogP contribution in [-0.4, -0.2) is 40.4 Å². The summed E-state index contributed by atoms with van der Waals surface area (Å²) in [7, 11) is 3.87. The van der Waals surface area contributed by atoms with Crippen molar-refractivity contribution in [3.05, 3.63) is 29.4 Å². The number of pyridine rings is 1. The number of amides is 1. The minimum absolute atomic E-state index is 0.0154. The number of aromatic nitrogens is 3. The van der Waals surface area contributed by atoms with Crippen molar-refractivity contribution in [1.29, 1.82) is 0 Å². The predicted molar refractivity (Wildman–Crippen MR) is 85.6 cm³/mol. The SMILES string of the molecule is C[C@H](Sc1nncs1)C(=O)NCc1ccnc(N(C)C)c1. The molecule has 0 spiro atoms. The van der Waals surface area contributed by atoms with Crippen LogP contribution in [0.5, 0.6) is 0 Å². The van der Waals surface area contributed by atoms with Crippen molar-refractivity contribution in [2.75, 3.05) is 19.0 Å². The molecule has 2 aromatic heterocycles. The van der Waals surface area contributed by atoms with Gasteiger partial charge in [-0.2, -0.15) is 0 Å². The lowest BCUT2D eigenvalue weighted by atomic mass is 10.2. The Labute approximate surface area is 132 Å². The van der Waals surface area contributed by atoms with Crippen LogP contribution in [0.25, 0.3) is 0 Å². The van der Waals surface area contributed by atoms with Crippen LogP contribution in [0.1, 0.15) is 12.5 Å². The monoisotopic (exact) mass is 323 g/mol. The topological polar surface area (TPSA) is 71.0 Å². The fraction of sp³-hybridized carbons (Fsp3) is 0.385. The van der Waals surface area contributed by atoms with E-state index in [9.17, 15) is 4.79 Å². The van der Waals surface area contributed by atoms with E-state index in [4.69, 9.17) is 0 Å². The average molecular weight is 323 g/mol. The quantitative estimate of drug-likeness (QED) is 0.817. The van der Waals surface area contributed by atoms with Crippen LogP contribution in [0.3, 0.4) is 0 Å². The molecule has 2 rings (SSSR count). The number of hydrogen-bond donors (Lipinski definition) is 1. The van der Waals surface area contributed by atoms with Gasteiger partial charge < -0.3 is 10.2 Å². The number of nitrogens with one attached hydrogen (secondary N) is 1. The van der Waals surface area contributed by atoms with Gasteiger partial charge in [-0.25, -0.2) is 4.98 Å². The van der Waals surface area contributed by atoms with E-state index in [0.29, 0.717) is 6.54 Å². The summed E-state index contributed by atoms with van der Waals surface area (Å²) in [5.41, 5.74) is 2.68. The maximum Gasteiger partial charge on any atom is 0.233 e. The third-order valence-electron chi connectivity index (χ3n) is 2.72. The van der Waals surface area contributed by atoms with Gasteiger partial charge in [0.15, 0.2) is 4.34 Å². The van der Waals surface area contributed by atoms with Crippen molar-refractivity contribution >= 4 is 34.8 Å². The van der Waals surface area contributed by atoms with Gasteiger partial charge in [-0.05, 0) is 24.6 Å². The summed E-state index contributed by atoms with van der Waals surface area (Å²) in [6.45, 7) is 2.35. The molecule has 0 bridgehead atoms. The zero-order chi connectivity index (χ0) is 15.2. The summed E-state index contributed by atoms with van der Waals surface area (Å²) < 4.78 is 0.802. The molecule has 1 N–H and O–H groups in total. The molecule has 0 aliphatic heterocycles. The van der Waals surface area contributed by atoms with Gasteiger partial charge in [0.05, 0.1) is 5.25 Å². The molecular formula is C13H17N5OS2. The summed E-state index contributed by atoms with van der Waals surface area (Å²) in [4.78, 5) is 18.2. The van der Waals surface area contributed by atoms with Gasteiger partial charge >= 0.3 is 0 Å². The van der Waals surface area contributed by atoms with Crippen molar-refractivity contribution in [3.8, 4) is 0 Å². The van der Waals surface area contributed by atoms with Gasteiger partial charge in [-0.3, -0.25) is 4.79 Å². The first-order valence-electron chi connectivity index (χ1n) is 6.39. The highest BCUT2D eigenvalue weighted by Gasteiger charge is 2.15. The number of carbonyl (C=O) groups excluding carboxylic acids is 1. The normalized spacial score (nSPS) is 12.0. The number of anilines is 1. The molecule has 0 unspecified atom stereocenters. The molecule has 0 aliphatic carbocycles. The van der Waals surface area contributed by atoms with Crippen molar-refractivity contribution < 1.29 is 4.79 Å². The standard InChI is InChI=1S/C13H17N5OS2/c1-9(21-13-17-16-8-20-13)12(19)15-7-10-4-5-14-11(6-10)18(2)3/h4-6,8-9H,7H2,1-3H3,(H,15,19)/t9-/m0/s1. The third kappa shape index (κ3) is 4.68. The van der Waals surface area contributed by atoms with Gasteiger partial charge in [0.25, 0.3) is 0 Å². The fourth-order valence-corrected chi connectivity index (χ4v) is 3.22. The maximum absolute atomic E-state index is 12.1. The van der Waals surface area contributed by atoms with Gasteiger partial charge in [0.2, 0.25) is 5.91 Å². The molecular weight excluding hydrogens is 306 g/mol. The first-order chi connectivity index (χ1) is 10.1. The Balaban J connectivity index is 1.87. The summed E-state index contributed by atoms with van der Waals surface area (Å²) in [6.07, 6.45) is 1.75. The van der Waals surface area contributed by atoms with E-state index in [1.165, 1.54) is 23.1 Å². The third-order valence-corrected chi connectivity index (χ3v) is 4.63. The molecule has 0 aliphatic rings. The second-order valence-electron chi connectivity index (χ2n) is 4.60. The van der Waals surface area contributed by atoms with Gasteiger partial charge in [0, 0.05) is 26.8 Å². The minimum Gasteiger partial charge on any atom is -0.363 e. The molecule has 0 aromatic carbocycles. The van der Waals surface area contributed by atoms with Crippen LogP contribution in [-0.2, 0) is 11.3 Å². The van der Waals surface area contributed by atoms with Gasteiger partial charge in [-0.15, -0.1) is 10.2 Å². The van der Waals surface area contributed by atoms with Crippen LogP contribution in [0.2, 0.25) is 0 Å². The highest BCUT2D eigenvalue weighted by Crippen LogP contribution is 2.24. The zero-order valence-electron chi connectivity index (χ0n) is 12.1. The Morgan fingerprint density at radius 3 is 3.00 bits per heavy atom. The Kier molecular flexibility index (Phi) is 5.51. The van der Waals surface area contributed by atoms with E-state index in [0.717, 1.165) is 15.7 Å². The molecule has 1 atom stereocenters. The fourth-order valence-electron chi connectivity index (χ4n) is 1.57. The smallest absolute Gasteiger partial charge is 0.233 e. The Morgan fingerprint density at radius 2 is 2.33 bits per heavy atom. The van der Waals surface area contributed by atoms with E-state index in [-0.39, 0.29) is 11.2 Å². The van der Waals surface area contributed by atoms with Crippen LogP contribution >= 0.6 is 23.1 Å². The highest BCUT2D eigenvalue weighted by atomic mass is 32.2. The zero-order valence-corrected chi connectivity index (χ0v) is 13.7. The molecule has 21 heavy (non-hydrogen) atoms. The molecule has 6 nitrogen and oxygen atoms in total. The van der Waals surface area contributed by atoms with Crippen LogP contribution in [0.4, 0.5) is 5.82 Å². The van der Waals surface area contributed by atoms with Crippen molar-refractivity contribution in [2.45, 2.75) is 23.1 Å². The Hall–Kier alpha value is -1.67. The van der Waals surface area contributed by atoms with E-state index >= 15 is 0 Å². The molecule has 0 saturated carbocycles. The van der Waals surface area contributed by atoms with E-state index in [1.54, 1.807) is 11.7 Å². The molecule has 2 aromatic rings. The summed E-state index contributed by atoms with van der Waals surface area (Å²) >= 11 is 2.85. The average Bonchev–Trinajstić information content (AvgIpc) is 2.97. The van der Waals surface area contributed by atoms with Crippen LogP contribution < -0.4 is 10.2 Å². The molecule has 112 valence electrons. The highest BCUT2D eigenvalue weighted by molar-refractivity contribution is 8.02. The predicted octanol–water partition coefficient (Wildman–Crippen LogP) is 1.80. The van der Waals surface area contributed by atoms with E-state index in [1.807, 2.05) is 38.1 Å². The molecule has 0 radical (unpaired) electrons. The van der Waals surface area contributed by atoms with Crippen molar-refractivity contribution in [3.63, 3.8) is 0 Å². The lowest BCUT2D eigenvalue weighted by Crippen LogP contribution is -2.30. The summed E-state index contributed by atoms with van der Waals surface area (Å²) in [6, 6.07) is 3.86. The lowest BCUT2D eigenvalue weighted by Gasteiger charge is -2.13. The number of rotatable bonds is 6. The van der Waals surface area contributed by atoms with Gasteiger partial charge in [-0.1, -0.05) is 23.1 Å². The second kappa shape index (κ2) is 7.37. The molecule has 1 amide bonds. The maximum atomic E-state index is 12.1. The summed E-state index contributed by atoms with van der Waals surface area (Å²) in [5.74, 6) is 0.858. The van der Waals surface area contributed by atoms with Crippen molar-refractivity contribution in [2.24, 2.45) is 0 Å². The minimum atomic E-state index is -0.201. The first kappa shape index (κ1) is 15.7. The molecule has 0 fully saturated rings. The largest absolute Gasteiger partial charge is 0.363 e. The Bertz CT molecular complexity index is 588. The van der Waals surface area contributed by atoms with Gasteiger partial charge in [0.1, 0.15) is 11.3 Å². The number of carbonyl (C=O) groups is 1. The number of nitrogens with zero attached hydrogens (tertiary/aromatic N) is 4. The molecule has 8 heteroatoms. The Morgan fingerprint density at radius 1 is 1.52 bits per heavy atom. The first-order valence-corrected chi connectivity index (χ1v) is 8.15. The summed E-state index contributed by atoms with van der Waals surface area (Å²) in [5, 5.41) is 10.4. The molecule has 2 heterocycles. The van der Waals surface area contributed by atoms with E-state index < -0.39 is 0 Å². The number of hydrogen-bond acceptors (Lipinski definition) is 7. The lowest BCUT2D eigenvalue weighted by molar-refractivity contribution is -0.120. The van der Waals surface area contributed by atoms with Crippen molar-refractivity contribution in [1.82, 2.24) is 20.5 Å². The molecule has 0 saturated heterocycles. The number of thioether (sulfide) groups is 1. The van der Waals surface area contributed by atoms with Crippen LogP contribution in [0.15, 0.2) is 28.2 Å². The van der Waals surface area contributed by atoms with E-state index in [2.05, 4.69) is 20.5 Å². The van der Waals surface area contributed by atoms with Crippen LogP contribution in [0, 0.1) is 0 Å².